The first-order chi connectivity index (χ1) is 16.5. The number of aromatic nitrogens is 1. The molecule has 3 nitrogen and oxygen atoms in total. The Hall–Kier alpha value is -3.66. The summed E-state index contributed by atoms with van der Waals surface area (Å²) in [5, 5.41) is 5.13. The molecule has 166 valence electrons. The third-order valence-electron chi connectivity index (χ3n) is 5.65. The Labute approximate surface area is 208 Å². The van der Waals surface area contributed by atoms with Gasteiger partial charge in [0.25, 0.3) is 0 Å². The normalized spacial score (nSPS) is 10.9. The fourth-order valence-corrected chi connectivity index (χ4v) is 4.66. The number of amides is 1. The summed E-state index contributed by atoms with van der Waals surface area (Å²) < 4.78 is 0. The van der Waals surface area contributed by atoms with Crippen molar-refractivity contribution >= 4 is 45.8 Å². The minimum Gasteiger partial charge on any atom is -0.310 e. The molecule has 5 heteroatoms. The lowest BCUT2D eigenvalue weighted by atomic mass is 9.88. The van der Waals surface area contributed by atoms with Crippen molar-refractivity contribution in [1.82, 2.24) is 4.98 Å². The molecular formula is C29H20Cl2N2O. The Bertz CT molecular complexity index is 1500. The maximum atomic E-state index is 12.2. The Kier molecular flexibility index (Phi) is 6.06. The highest BCUT2D eigenvalue weighted by molar-refractivity contribution is 6.36. The number of halogens is 2. The third kappa shape index (κ3) is 4.16. The van der Waals surface area contributed by atoms with Crippen LogP contribution < -0.4 is 5.32 Å². The summed E-state index contributed by atoms with van der Waals surface area (Å²) in [5.74, 6) is 0.323. The largest absolute Gasteiger partial charge is 0.310 e. The van der Waals surface area contributed by atoms with Gasteiger partial charge in [0.15, 0.2) is 0 Å². The SMILES string of the molecule is CC(=O)Nc1nc2ccc(Cl)c(-c3ccc(Cl)cc3)c2c(-c2ccccc2)c1-c1ccccc1. The molecule has 1 aromatic heterocycles. The number of pyridine rings is 1. The number of hydrogen-bond acceptors (Lipinski definition) is 2. The molecule has 0 aliphatic carbocycles. The molecule has 1 N–H and O–H groups in total. The summed E-state index contributed by atoms with van der Waals surface area (Å²) in [6, 6.07) is 31.4. The number of fused-ring (bicyclic) bond motifs is 1. The molecule has 0 saturated carbocycles. The zero-order valence-electron chi connectivity index (χ0n) is 18.3. The predicted octanol–water partition coefficient (Wildman–Crippen LogP) is 8.50. The number of benzene rings is 4. The van der Waals surface area contributed by atoms with Crippen LogP contribution in [0.15, 0.2) is 97.1 Å². The van der Waals surface area contributed by atoms with Gasteiger partial charge in [0.1, 0.15) is 5.82 Å². The van der Waals surface area contributed by atoms with Crippen LogP contribution >= 0.6 is 23.2 Å². The number of rotatable bonds is 4. The van der Waals surface area contributed by atoms with Crippen molar-refractivity contribution in [3.8, 4) is 33.4 Å². The van der Waals surface area contributed by atoms with Crippen LogP contribution in [0.25, 0.3) is 44.3 Å². The van der Waals surface area contributed by atoms with E-state index in [0.717, 1.165) is 44.3 Å². The molecule has 5 rings (SSSR count). The molecule has 0 atom stereocenters. The van der Waals surface area contributed by atoms with Crippen LogP contribution in [0.5, 0.6) is 0 Å². The van der Waals surface area contributed by atoms with Gasteiger partial charge in [-0.3, -0.25) is 4.79 Å². The lowest BCUT2D eigenvalue weighted by Crippen LogP contribution is -2.10. The van der Waals surface area contributed by atoms with E-state index >= 15 is 0 Å². The summed E-state index contributed by atoms with van der Waals surface area (Å²) in [5.41, 5.74) is 6.27. The Morgan fingerprint density at radius 2 is 1.24 bits per heavy atom. The monoisotopic (exact) mass is 482 g/mol. The van der Waals surface area contributed by atoms with Crippen molar-refractivity contribution in [1.29, 1.82) is 0 Å². The van der Waals surface area contributed by atoms with Crippen LogP contribution in [0, 0.1) is 0 Å². The average molecular weight is 483 g/mol. The van der Waals surface area contributed by atoms with Gasteiger partial charge < -0.3 is 5.32 Å². The quantitative estimate of drug-likeness (QED) is 0.278. The molecule has 0 unspecified atom stereocenters. The maximum Gasteiger partial charge on any atom is 0.222 e. The lowest BCUT2D eigenvalue weighted by Gasteiger charge is -2.21. The van der Waals surface area contributed by atoms with E-state index in [4.69, 9.17) is 28.2 Å². The molecule has 0 spiro atoms. The van der Waals surface area contributed by atoms with Crippen molar-refractivity contribution in [3.63, 3.8) is 0 Å². The highest BCUT2D eigenvalue weighted by Crippen LogP contribution is 2.47. The second-order valence-electron chi connectivity index (χ2n) is 7.95. The fourth-order valence-electron chi connectivity index (χ4n) is 4.27. The van der Waals surface area contributed by atoms with Gasteiger partial charge in [-0.25, -0.2) is 4.98 Å². The second kappa shape index (κ2) is 9.30. The smallest absolute Gasteiger partial charge is 0.222 e. The van der Waals surface area contributed by atoms with Crippen LogP contribution in [0.2, 0.25) is 10.0 Å². The van der Waals surface area contributed by atoms with Crippen molar-refractivity contribution in [2.75, 3.05) is 5.32 Å². The highest BCUT2D eigenvalue weighted by Gasteiger charge is 2.23. The van der Waals surface area contributed by atoms with Gasteiger partial charge in [0, 0.05) is 39.0 Å². The van der Waals surface area contributed by atoms with E-state index in [1.54, 1.807) is 0 Å². The average Bonchev–Trinajstić information content (AvgIpc) is 2.85. The lowest BCUT2D eigenvalue weighted by molar-refractivity contribution is -0.114. The van der Waals surface area contributed by atoms with Crippen LogP contribution in [0.3, 0.4) is 0 Å². The summed E-state index contributed by atoms with van der Waals surface area (Å²) in [4.78, 5) is 17.1. The molecular weight excluding hydrogens is 463 g/mol. The van der Waals surface area contributed by atoms with Crippen LogP contribution in [-0.4, -0.2) is 10.9 Å². The van der Waals surface area contributed by atoms with Crippen molar-refractivity contribution in [2.45, 2.75) is 6.92 Å². The Morgan fingerprint density at radius 3 is 1.82 bits per heavy atom. The maximum absolute atomic E-state index is 12.2. The van der Waals surface area contributed by atoms with E-state index < -0.39 is 0 Å². The first kappa shape index (κ1) is 22.1. The van der Waals surface area contributed by atoms with Gasteiger partial charge >= 0.3 is 0 Å². The van der Waals surface area contributed by atoms with Gasteiger partial charge in [-0.2, -0.15) is 0 Å². The summed E-state index contributed by atoms with van der Waals surface area (Å²) in [7, 11) is 0. The molecule has 0 radical (unpaired) electrons. The van der Waals surface area contributed by atoms with E-state index in [9.17, 15) is 4.79 Å². The van der Waals surface area contributed by atoms with E-state index in [1.807, 2.05) is 84.9 Å². The molecule has 0 bridgehead atoms. The van der Waals surface area contributed by atoms with Crippen LogP contribution in [-0.2, 0) is 4.79 Å². The van der Waals surface area contributed by atoms with Crippen molar-refractivity contribution in [2.24, 2.45) is 0 Å². The molecule has 0 saturated heterocycles. The summed E-state index contributed by atoms with van der Waals surface area (Å²) in [6.07, 6.45) is 0. The van der Waals surface area contributed by atoms with Gasteiger partial charge in [-0.1, -0.05) is 96.0 Å². The molecule has 34 heavy (non-hydrogen) atoms. The number of hydrogen-bond donors (Lipinski definition) is 1. The van der Waals surface area contributed by atoms with Gasteiger partial charge in [0.2, 0.25) is 5.91 Å². The second-order valence-corrected chi connectivity index (χ2v) is 8.79. The van der Waals surface area contributed by atoms with Gasteiger partial charge in [-0.15, -0.1) is 0 Å². The topological polar surface area (TPSA) is 42.0 Å². The number of nitrogens with zero attached hydrogens (tertiary/aromatic N) is 1. The molecule has 4 aromatic carbocycles. The Morgan fingerprint density at radius 1 is 0.676 bits per heavy atom. The van der Waals surface area contributed by atoms with Gasteiger partial charge in [0.05, 0.1) is 5.52 Å². The summed E-state index contributed by atoms with van der Waals surface area (Å²) in [6.45, 7) is 1.49. The molecule has 1 amide bonds. The van der Waals surface area contributed by atoms with E-state index in [-0.39, 0.29) is 5.91 Å². The van der Waals surface area contributed by atoms with E-state index in [0.29, 0.717) is 15.9 Å². The molecule has 5 aromatic rings. The molecule has 0 aliphatic rings. The highest BCUT2D eigenvalue weighted by atomic mass is 35.5. The number of anilines is 1. The van der Waals surface area contributed by atoms with Crippen molar-refractivity contribution in [3.05, 3.63) is 107 Å². The molecule has 0 aliphatic heterocycles. The minimum atomic E-state index is -0.185. The number of nitrogens with one attached hydrogen (secondary N) is 1. The fraction of sp³-hybridized carbons (Fsp3) is 0.0345. The summed E-state index contributed by atoms with van der Waals surface area (Å²) >= 11 is 13.0. The van der Waals surface area contributed by atoms with Crippen LogP contribution in [0.1, 0.15) is 6.92 Å². The number of carbonyl (C=O) groups excluding carboxylic acids is 1. The zero-order chi connectivity index (χ0) is 23.7. The minimum absolute atomic E-state index is 0.185. The first-order valence-electron chi connectivity index (χ1n) is 10.8. The van der Waals surface area contributed by atoms with Crippen molar-refractivity contribution < 1.29 is 4.79 Å². The standard InChI is InChI=1S/C29H20Cl2N2O/c1-18(34)32-29-27(20-10-6-3-7-11-20)26(19-8-4-2-5-9-19)28-24(33-29)17-16-23(31)25(28)21-12-14-22(30)15-13-21/h2-17H,1H3,(H,32,33,34). The zero-order valence-corrected chi connectivity index (χ0v) is 19.9. The van der Waals surface area contributed by atoms with Crippen LogP contribution in [0.4, 0.5) is 5.82 Å². The predicted molar refractivity (Wildman–Crippen MR) is 142 cm³/mol. The Balaban J connectivity index is 2.00. The van der Waals surface area contributed by atoms with Gasteiger partial charge in [-0.05, 0) is 41.0 Å². The molecule has 0 fully saturated rings. The van der Waals surface area contributed by atoms with E-state index in [1.165, 1.54) is 6.92 Å². The molecule has 1 heterocycles. The third-order valence-corrected chi connectivity index (χ3v) is 6.22. The number of carbonyl (C=O) groups is 1. The van der Waals surface area contributed by atoms with E-state index in [2.05, 4.69) is 17.4 Å². The first-order valence-corrected chi connectivity index (χ1v) is 11.6.